The van der Waals surface area contributed by atoms with Gasteiger partial charge in [-0.15, -0.1) is 6.42 Å². The molecule has 0 heterocycles. The lowest BCUT2D eigenvalue weighted by atomic mass is 10.0. The molecule has 0 saturated carbocycles. The Hall–Kier alpha value is -1.22. The van der Waals surface area contributed by atoms with Gasteiger partial charge in [0.1, 0.15) is 0 Å². The van der Waals surface area contributed by atoms with Crippen molar-refractivity contribution in [1.29, 1.82) is 0 Å². The summed E-state index contributed by atoms with van der Waals surface area (Å²) in [5.74, 6) is 2.60. The highest BCUT2D eigenvalue weighted by atomic mass is 14.0. The minimum absolute atomic E-state index is 0.865. The van der Waals surface area contributed by atoms with Crippen molar-refractivity contribution in [2.45, 2.75) is 26.7 Å². The van der Waals surface area contributed by atoms with Crippen LogP contribution in [0.3, 0.4) is 0 Å². The molecule has 1 aromatic rings. The monoisotopic (exact) mass is 157 g/mol. The standard InChI is InChI=1S/C12H13/c1-4-10-7-8-11(5-2)12(6-3)9-10/h1,8-9H,5-6H2,2-3H3. The smallest absolute Gasteiger partial charge is 0.0324 e. The number of rotatable bonds is 2. The number of terminal acetylenes is 1. The Balaban J connectivity index is 3.13. The fourth-order valence-electron chi connectivity index (χ4n) is 1.31. The number of benzene rings is 1. The predicted octanol–water partition coefficient (Wildman–Crippen LogP) is 2.59. The van der Waals surface area contributed by atoms with E-state index in [2.05, 4.69) is 31.9 Å². The van der Waals surface area contributed by atoms with Gasteiger partial charge in [0.05, 0.1) is 0 Å². The van der Waals surface area contributed by atoms with E-state index >= 15 is 0 Å². The van der Waals surface area contributed by atoms with Crippen LogP contribution in [0.1, 0.15) is 30.5 Å². The van der Waals surface area contributed by atoms with Gasteiger partial charge in [-0.05, 0) is 42.2 Å². The molecule has 12 heavy (non-hydrogen) atoms. The van der Waals surface area contributed by atoms with Crippen molar-refractivity contribution in [3.63, 3.8) is 0 Å². The number of hydrogen-bond acceptors (Lipinski definition) is 0. The maximum atomic E-state index is 5.28. The first-order chi connectivity index (χ1) is 5.81. The van der Waals surface area contributed by atoms with Crippen molar-refractivity contribution in [2.75, 3.05) is 0 Å². The molecule has 0 bridgehead atoms. The molecule has 0 unspecified atom stereocenters. The highest BCUT2D eigenvalue weighted by molar-refractivity contribution is 5.38. The lowest BCUT2D eigenvalue weighted by molar-refractivity contribution is 1.03. The van der Waals surface area contributed by atoms with Gasteiger partial charge in [0.25, 0.3) is 0 Å². The zero-order chi connectivity index (χ0) is 8.97. The van der Waals surface area contributed by atoms with Crippen molar-refractivity contribution in [2.24, 2.45) is 0 Å². The predicted molar refractivity (Wildman–Crippen MR) is 52.0 cm³/mol. The molecule has 0 aliphatic carbocycles. The van der Waals surface area contributed by atoms with Crippen LogP contribution in [0, 0.1) is 18.4 Å². The normalized spacial score (nSPS) is 9.42. The SMILES string of the molecule is C#Cc1[c]cc(CC)c(CC)c1. The van der Waals surface area contributed by atoms with Crippen molar-refractivity contribution in [1.82, 2.24) is 0 Å². The Bertz CT molecular complexity index is 302. The summed E-state index contributed by atoms with van der Waals surface area (Å²) in [6.07, 6.45) is 7.39. The molecule has 0 saturated heterocycles. The molecule has 0 N–H and O–H groups in total. The van der Waals surface area contributed by atoms with E-state index in [-0.39, 0.29) is 0 Å². The van der Waals surface area contributed by atoms with Gasteiger partial charge in [0, 0.05) is 5.56 Å². The van der Waals surface area contributed by atoms with E-state index in [1.54, 1.807) is 0 Å². The summed E-state index contributed by atoms with van der Waals surface area (Å²) >= 11 is 0. The van der Waals surface area contributed by atoms with Gasteiger partial charge in [-0.2, -0.15) is 0 Å². The highest BCUT2D eigenvalue weighted by Crippen LogP contribution is 2.12. The molecule has 1 rings (SSSR count). The Morgan fingerprint density at radius 3 is 2.50 bits per heavy atom. The molecule has 0 spiro atoms. The van der Waals surface area contributed by atoms with E-state index in [9.17, 15) is 0 Å². The molecule has 0 heteroatoms. The van der Waals surface area contributed by atoms with Gasteiger partial charge in [-0.25, -0.2) is 0 Å². The quantitative estimate of drug-likeness (QED) is 0.579. The van der Waals surface area contributed by atoms with Crippen LogP contribution in [-0.2, 0) is 12.8 Å². The maximum absolute atomic E-state index is 5.28. The summed E-state index contributed by atoms with van der Waals surface area (Å²) in [7, 11) is 0. The summed E-state index contributed by atoms with van der Waals surface area (Å²) in [5, 5.41) is 0. The fraction of sp³-hybridized carbons (Fsp3) is 0.333. The molecule has 0 fully saturated rings. The summed E-state index contributed by atoms with van der Waals surface area (Å²) in [6.45, 7) is 4.30. The first-order valence-electron chi connectivity index (χ1n) is 4.31. The molecule has 0 aliphatic rings. The Kier molecular flexibility index (Phi) is 2.94. The molecule has 1 radical (unpaired) electrons. The van der Waals surface area contributed by atoms with Crippen molar-refractivity contribution < 1.29 is 0 Å². The largest absolute Gasteiger partial charge is 0.115 e. The van der Waals surface area contributed by atoms with Crippen LogP contribution in [0.4, 0.5) is 0 Å². The van der Waals surface area contributed by atoms with Crippen molar-refractivity contribution in [3.8, 4) is 12.3 Å². The first-order valence-corrected chi connectivity index (χ1v) is 4.31. The van der Waals surface area contributed by atoms with E-state index in [0.717, 1.165) is 18.4 Å². The van der Waals surface area contributed by atoms with E-state index < -0.39 is 0 Å². The van der Waals surface area contributed by atoms with E-state index in [4.69, 9.17) is 6.42 Å². The summed E-state index contributed by atoms with van der Waals surface area (Å²) in [6, 6.07) is 7.14. The molecule has 0 nitrogen and oxygen atoms in total. The van der Waals surface area contributed by atoms with Crippen LogP contribution in [0.5, 0.6) is 0 Å². The average molecular weight is 157 g/mol. The third-order valence-electron chi connectivity index (χ3n) is 2.05. The molecule has 0 aliphatic heterocycles. The lowest BCUT2D eigenvalue weighted by Crippen LogP contribution is -1.91. The fourth-order valence-corrected chi connectivity index (χ4v) is 1.31. The van der Waals surface area contributed by atoms with E-state index in [0.29, 0.717) is 0 Å². The van der Waals surface area contributed by atoms with E-state index in [1.165, 1.54) is 11.1 Å². The first kappa shape index (κ1) is 8.87. The Labute approximate surface area is 74.6 Å². The minimum atomic E-state index is 0.865. The zero-order valence-electron chi connectivity index (χ0n) is 7.65. The lowest BCUT2D eigenvalue weighted by Gasteiger charge is -2.04. The molecule has 0 amide bonds. The maximum Gasteiger partial charge on any atom is 0.0324 e. The second kappa shape index (κ2) is 3.97. The van der Waals surface area contributed by atoms with Crippen LogP contribution < -0.4 is 0 Å². The van der Waals surface area contributed by atoms with Gasteiger partial charge in [-0.3, -0.25) is 0 Å². The highest BCUT2D eigenvalue weighted by Gasteiger charge is 1.98. The van der Waals surface area contributed by atoms with Crippen LogP contribution in [0.15, 0.2) is 12.1 Å². The van der Waals surface area contributed by atoms with Crippen LogP contribution in [-0.4, -0.2) is 0 Å². The second-order valence-electron chi connectivity index (χ2n) is 2.75. The van der Waals surface area contributed by atoms with E-state index in [1.807, 2.05) is 6.07 Å². The third-order valence-corrected chi connectivity index (χ3v) is 2.05. The summed E-state index contributed by atoms with van der Waals surface area (Å²) in [4.78, 5) is 0. The van der Waals surface area contributed by atoms with Gasteiger partial charge < -0.3 is 0 Å². The zero-order valence-corrected chi connectivity index (χ0v) is 7.65. The molecular formula is C12H13. The molecular weight excluding hydrogens is 144 g/mol. The third kappa shape index (κ3) is 1.68. The summed E-state index contributed by atoms with van der Waals surface area (Å²) < 4.78 is 0. The molecule has 1 aromatic carbocycles. The van der Waals surface area contributed by atoms with Crippen molar-refractivity contribution in [3.05, 3.63) is 34.9 Å². The van der Waals surface area contributed by atoms with Crippen LogP contribution >= 0.6 is 0 Å². The van der Waals surface area contributed by atoms with Gasteiger partial charge >= 0.3 is 0 Å². The van der Waals surface area contributed by atoms with Crippen molar-refractivity contribution >= 4 is 0 Å². The van der Waals surface area contributed by atoms with Gasteiger partial charge in [-0.1, -0.05) is 19.8 Å². The molecule has 0 aromatic heterocycles. The molecule has 61 valence electrons. The number of hydrogen-bond donors (Lipinski definition) is 0. The van der Waals surface area contributed by atoms with Gasteiger partial charge in [0.15, 0.2) is 0 Å². The second-order valence-corrected chi connectivity index (χ2v) is 2.75. The minimum Gasteiger partial charge on any atom is -0.115 e. The summed E-state index contributed by atoms with van der Waals surface area (Å²) in [5.41, 5.74) is 3.57. The Morgan fingerprint density at radius 2 is 2.00 bits per heavy atom. The van der Waals surface area contributed by atoms with Crippen LogP contribution in [0.2, 0.25) is 0 Å². The topological polar surface area (TPSA) is 0 Å². The number of aryl methyl sites for hydroxylation is 2. The molecule has 0 atom stereocenters. The Morgan fingerprint density at radius 1 is 1.33 bits per heavy atom. The average Bonchev–Trinajstić information content (AvgIpc) is 2.16. The van der Waals surface area contributed by atoms with Crippen LogP contribution in [0.25, 0.3) is 0 Å². The van der Waals surface area contributed by atoms with Gasteiger partial charge in [0.2, 0.25) is 0 Å².